The summed E-state index contributed by atoms with van der Waals surface area (Å²) in [6.45, 7) is 4.91. The first-order valence-electron chi connectivity index (χ1n) is 9.35. The number of piperazine rings is 1. The van der Waals surface area contributed by atoms with Gasteiger partial charge in [0.2, 0.25) is 0 Å². The van der Waals surface area contributed by atoms with Crippen molar-refractivity contribution < 1.29 is 22.4 Å². The minimum atomic E-state index is -4.89. The molecule has 2 aromatic rings. The Hall–Kier alpha value is -3.00. The number of carbonyl (C=O) groups is 1. The summed E-state index contributed by atoms with van der Waals surface area (Å²) in [6.07, 6.45) is -4.89. The van der Waals surface area contributed by atoms with Crippen molar-refractivity contribution in [1.82, 2.24) is 24.8 Å². The van der Waals surface area contributed by atoms with Gasteiger partial charge in [0.25, 0.3) is 5.91 Å². The quantitative estimate of drug-likeness (QED) is 0.706. The van der Waals surface area contributed by atoms with Crippen molar-refractivity contribution in [2.45, 2.75) is 26.1 Å². The predicted molar refractivity (Wildman–Crippen MR) is 98.0 cm³/mol. The van der Waals surface area contributed by atoms with Crippen LogP contribution in [0, 0.1) is 23.1 Å². The topological polar surface area (TPSA) is 78.1 Å². The molecule has 0 radical (unpaired) electrons. The Morgan fingerprint density at radius 3 is 2.23 bits per heavy atom. The van der Waals surface area contributed by atoms with E-state index in [1.54, 1.807) is 0 Å². The highest BCUT2D eigenvalue weighted by molar-refractivity contribution is 5.93. The highest BCUT2D eigenvalue weighted by Gasteiger charge is 2.43. The van der Waals surface area contributed by atoms with Crippen LogP contribution in [-0.2, 0) is 6.18 Å². The summed E-state index contributed by atoms with van der Waals surface area (Å²) in [5, 5.41) is 16.3. The molecule has 0 bridgehead atoms. The van der Waals surface area contributed by atoms with E-state index in [1.807, 2.05) is 18.7 Å². The molecule has 30 heavy (non-hydrogen) atoms. The molecule has 0 aliphatic carbocycles. The molecule has 1 unspecified atom stereocenters. The number of hydrogen-bond donors (Lipinski definition) is 0. The third-order valence-electron chi connectivity index (χ3n) is 4.97. The van der Waals surface area contributed by atoms with Gasteiger partial charge in [-0.05, 0) is 30.2 Å². The van der Waals surface area contributed by atoms with Crippen LogP contribution >= 0.6 is 0 Å². The van der Waals surface area contributed by atoms with E-state index in [0.29, 0.717) is 17.8 Å². The predicted octanol–water partition coefficient (Wildman–Crippen LogP) is 2.73. The minimum Gasteiger partial charge on any atom is -0.335 e. The molecular weight excluding hydrogens is 404 g/mol. The zero-order valence-corrected chi connectivity index (χ0v) is 16.4. The standard InChI is InChI=1S/C19H20F4N6O/c1-12(2)15(11-24)27-7-9-28(10-8-27)18(30)16-17(19(21,22)23)29(26-25-16)14-5-3-13(20)4-6-14/h3-6,12,15H,7-10H2,1-2H3. The Morgan fingerprint density at radius 1 is 1.13 bits per heavy atom. The number of halogens is 4. The van der Waals surface area contributed by atoms with Gasteiger partial charge >= 0.3 is 6.18 Å². The van der Waals surface area contributed by atoms with Crippen LogP contribution in [0.25, 0.3) is 5.69 Å². The van der Waals surface area contributed by atoms with Gasteiger partial charge in [0.15, 0.2) is 11.4 Å². The lowest BCUT2D eigenvalue weighted by Crippen LogP contribution is -2.53. The lowest BCUT2D eigenvalue weighted by molar-refractivity contribution is -0.143. The number of alkyl halides is 3. The molecule has 1 atom stereocenters. The summed E-state index contributed by atoms with van der Waals surface area (Å²) in [4.78, 5) is 16.0. The second-order valence-electron chi connectivity index (χ2n) is 7.32. The molecule has 1 aliphatic rings. The average molecular weight is 424 g/mol. The van der Waals surface area contributed by atoms with Crippen LogP contribution in [0.15, 0.2) is 24.3 Å². The number of benzene rings is 1. The molecule has 1 fully saturated rings. The van der Waals surface area contributed by atoms with E-state index in [2.05, 4.69) is 16.4 Å². The van der Waals surface area contributed by atoms with Crippen LogP contribution in [0.3, 0.4) is 0 Å². The molecule has 0 spiro atoms. The average Bonchev–Trinajstić information content (AvgIpc) is 3.14. The van der Waals surface area contributed by atoms with E-state index < -0.39 is 29.3 Å². The van der Waals surface area contributed by atoms with Crippen molar-refractivity contribution in [3.63, 3.8) is 0 Å². The first-order chi connectivity index (χ1) is 14.1. The Balaban J connectivity index is 1.85. The van der Waals surface area contributed by atoms with Crippen molar-refractivity contribution in [1.29, 1.82) is 5.26 Å². The van der Waals surface area contributed by atoms with Gasteiger partial charge in [-0.2, -0.15) is 18.4 Å². The lowest BCUT2D eigenvalue weighted by atomic mass is 10.0. The summed E-state index contributed by atoms with van der Waals surface area (Å²) in [6, 6.07) is 6.14. The SMILES string of the molecule is CC(C)C(C#N)N1CCN(C(=O)c2nnn(-c3ccc(F)cc3)c2C(F)(F)F)CC1. The molecule has 0 N–H and O–H groups in total. The van der Waals surface area contributed by atoms with Crippen molar-refractivity contribution >= 4 is 5.91 Å². The fourth-order valence-electron chi connectivity index (χ4n) is 3.45. The summed E-state index contributed by atoms with van der Waals surface area (Å²) in [5.41, 5.74) is -2.17. The largest absolute Gasteiger partial charge is 0.435 e. The molecular formula is C19H20F4N6O. The van der Waals surface area contributed by atoms with Crippen LogP contribution in [0.5, 0.6) is 0 Å². The smallest absolute Gasteiger partial charge is 0.335 e. The first kappa shape index (κ1) is 21.7. The summed E-state index contributed by atoms with van der Waals surface area (Å²) < 4.78 is 54.9. The van der Waals surface area contributed by atoms with Gasteiger partial charge in [-0.1, -0.05) is 19.1 Å². The van der Waals surface area contributed by atoms with E-state index in [9.17, 15) is 27.6 Å². The molecule has 1 saturated heterocycles. The zero-order valence-electron chi connectivity index (χ0n) is 16.4. The Kier molecular flexibility index (Phi) is 6.07. The molecule has 1 aliphatic heterocycles. The number of aromatic nitrogens is 3. The second-order valence-corrected chi connectivity index (χ2v) is 7.32. The van der Waals surface area contributed by atoms with Crippen LogP contribution in [0.1, 0.15) is 30.0 Å². The Labute approximate surface area is 170 Å². The molecule has 2 heterocycles. The third-order valence-corrected chi connectivity index (χ3v) is 4.97. The van der Waals surface area contributed by atoms with E-state index in [1.165, 1.54) is 4.90 Å². The highest BCUT2D eigenvalue weighted by Crippen LogP contribution is 2.33. The number of rotatable bonds is 4. The fourth-order valence-corrected chi connectivity index (χ4v) is 3.45. The van der Waals surface area contributed by atoms with Crippen molar-refractivity contribution in [3.8, 4) is 11.8 Å². The van der Waals surface area contributed by atoms with Gasteiger partial charge < -0.3 is 4.90 Å². The zero-order chi connectivity index (χ0) is 22.1. The summed E-state index contributed by atoms with van der Waals surface area (Å²) in [5.74, 6) is -1.41. The third kappa shape index (κ3) is 4.28. The summed E-state index contributed by atoms with van der Waals surface area (Å²) >= 11 is 0. The van der Waals surface area contributed by atoms with Gasteiger partial charge in [0.05, 0.1) is 11.8 Å². The van der Waals surface area contributed by atoms with Crippen LogP contribution in [0.4, 0.5) is 17.6 Å². The van der Waals surface area contributed by atoms with Gasteiger partial charge in [0.1, 0.15) is 11.9 Å². The Morgan fingerprint density at radius 2 is 1.73 bits per heavy atom. The number of nitriles is 1. The molecule has 1 aromatic carbocycles. The number of amides is 1. The minimum absolute atomic E-state index is 0.0612. The maximum Gasteiger partial charge on any atom is 0.435 e. The van der Waals surface area contributed by atoms with Crippen LogP contribution in [0.2, 0.25) is 0 Å². The second kappa shape index (κ2) is 8.39. The maximum absolute atomic E-state index is 13.7. The van der Waals surface area contributed by atoms with Crippen molar-refractivity contribution in [2.75, 3.05) is 26.2 Å². The highest BCUT2D eigenvalue weighted by atomic mass is 19.4. The van der Waals surface area contributed by atoms with Crippen molar-refractivity contribution in [2.24, 2.45) is 5.92 Å². The van der Waals surface area contributed by atoms with E-state index in [-0.39, 0.29) is 30.7 Å². The summed E-state index contributed by atoms with van der Waals surface area (Å²) in [7, 11) is 0. The molecule has 7 nitrogen and oxygen atoms in total. The first-order valence-corrected chi connectivity index (χ1v) is 9.35. The maximum atomic E-state index is 13.7. The lowest BCUT2D eigenvalue weighted by Gasteiger charge is -2.37. The van der Waals surface area contributed by atoms with Gasteiger partial charge in [-0.15, -0.1) is 5.10 Å². The molecule has 1 amide bonds. The Bertz CT molecular complexity index is 939. The fraction of sp³-hybridized carbons (Fsp3) is 0.474. The van der Waals surface area contributed by atoms with Crippen LogP contribution in [-0.4, -0.2) is 62.9 Å². The number of nitrogens with zero attached hydrogens (tertiary/aromatic N) is 6. The molecule has 1 aromatic heterocycles. The van der Waals surface area contributed by atoms with Gasteiger partial charge in [-0.25, -0.2) is 9.07 Å². The number of carbonyl (C=O) groups excluding carboxylic acids is 1. The van der Waals surface area contributed by atoms with E-state index in [0.717, 1.165) is 24.3 Å². The molecule has 0 saturated carbocycles. The monoisotopic (exact) mass is 424 g/mol. The van der Waals surface area contributed by atoms with E-state index >= 15 is 0 Å². The van der Waals surface area contributed by atoms with Gasteiger partial charge in [-0.3, -0.25) is 9.69 Å². The molecule has 3 rings (SSSR count). The molecule has 11 heteroatoms. The normalized spacial score (nSPS) is 16.5. The van der Waals surface area contributed by atoms with Gasteiger partial charge in [0, 0.05) is 26.2 Å². The van der Waals surface area contributed by atoms with Crippen molar-refractivity contribution in [3.05, 3.63) is 41.5 Å². The van der Waals surface area contributed by atoms with Crippen LogP contribution < -0.4 is 0 Å². The van der Waals surface area contributed by atoms with E-state index in [4.69, 9.17) is 0 Å². The molecule has 160 valence electrons. The number of hydrogen-bond acceptors (Lipinski definition) is 5.